The second-order valence-corrected chi connectivity index (χ2v) is 10.2. The molecule has 2 aliphatic rings. The molecule has 8 nitrogen and oxygen atoms in total. The maximum atomic E-state index is 14.0. The van der Waals surface area contributed by atoms with Crippen molar-refractivity contribution in [3.05, 3.63) is 64.7 Å². The Labute approximate surface area is 207 Å². The van der Waals surface area contributed by atoms with E-state index in [0.29, 0.717) is 12.5 Å². The molecule has 4 heterocycles. The number of piperidine rings is 1. The van der Waals surface area contributed by atoms with Crippen molar-refractivity contribution in [1.82, 2.24) is 29.5 Å². The summed E-state index contributed by atoms with van der Waals surface area (Å²) >= 11 is 0. The lowest BCUT2D eigenvalue weighted by Crippen LogP contribution is -2.50. The van der Waals surface area contributed by atoms with Gasteiger partial charge in [-0.05, 0) is 58.3 Å². The van der Waals surface area contributed by atoms with Gasteiger partial charge < -0.3 is 15.1 Å². The molecule has 1 fully saturated rings. The predicted octanol–water partition coefficient (Wildman–Crippen LogP) is 3.58. The molecule has 2 aliphatic heterocycles. The van der Waals surface area contributed by atoms with Crippen molar-refractivity contribution in [2.45, 2.75) is 52.1 Å². The number of anilines is 2. The van der Waals surface area contributed by atoms with Gasteiger partial charge >= 0.3 is 0 Å². The zero-order chi connectivity index (χ0) is 24.7. The number of benzene rings is 1. The third-order valence-corrected chi connectivity index (χ3v) is 7.71. The maximum absolute atomic E-state index is 14.0. The topological polar surface area (TPSA) is 79.2 Å². The summed E-state index contributed by atoms with van der Waals surface area (Å²) in [5.41, 5.74) is 6.17. The zero-order valence-electron chi connectivity index (χ0n) is 21.3. The fourth-order valence-electron chi connectivity index (χ4n) is 5.58. The molecular formula is C27H35N7O. The molecule has 1 saturated heterocycles. The molecular weight excluding hydrogens is 438 g/mol. The Kier molecular flexibility index (Phi) is 6.32. The quantitative estimate of drug-likeness (QED) is 0.624. The van der Waals surface area contributed by atoms with Crippen LogP contribution in [-0.2, 0) is 24.8 Å². The highest BCUT2D eigenvalue weighted by Gasteiger charge is 2.39. The van der Waals surface area contributed by atoms with Gasteiger partial charge in [0.1, 0.15) is 0 Å². The van der Waals surface area contributed by atoms with Gasteiger partial charge in [-0.25, -0.2) is 9.97 Å². The molecule has 1 N–H and O–H groups in total. The average Bonchev–Trinajstić information content (AvgIpc) is 3.09. The minimum atomic E-state index is -0.0160. The number of fused-ring (bicyclic) bond motifs is 1. The maximum Gasteiger partial charge on any atom is 0.227 e. The Morgan fingerprint density at radius 3 is 2.63 bits per heavy atom. The van der Waals surface area contributed by atoms with Gasteiger partial charge in [0.2, 0.25) is 11.9 Å². The Morgan fingerprint density at radius 1 is 1.14 bits per heavy atom. The van der Waals surface area contributed by atoms with E-state index >= 15 is 0 Å². The normalized spacial score (nSPS) is 22.7. The largest absolute Gasteiger partial charge is 0.333 e. The molecule has 35 heavy (non-hydrogen) atoms. The molecule has 0 unspecified atom stereocenters. The number of hydrogen-bond donors (Lipinski definition) is 1. The number of nitrogens with one attached hydrogen (secondary N) is 1. The first kappa shape index (κ1) is 23.5. The van der Waals surface area contributed by atoms with Gasteiger partial charge in [-0.15, -0.1) is 0 Å². The van der Waals surface area contributed by atoms with Crippen LogP contribution in [0.4, 0.5) is 11.6 Å². The van der Waals surface area contributed by atoms with Crippen LogP contribution >= 0.6 is 0 Å². The molecule has 0 bridgehead atoms. The minimum Gasteiger partial charge on any atom is -0.333 e. The van der Waals surface area contributed by atoms with Crippen LogP contribution in [0.5, 0.6) is 0 Å². The molecule has 0 radical (unpaired) electrons. The van der Waals surface area contributed by atoms with Crippen LogP contribution in [0.3, 0.4) is 0 Å². The van der Waals surface area contributed by atoms with Crippen molar-refractivity contribution in [3.63, 3.8) is 0 Å². The molecule has 1 amide bonds. The van der Waals surface area contributed by atoms with Crippen LogP contribution in [0.25, 0.3) is 0 Å². The number of aromatic nitrogens is 4. The van der Waals surface area contributed by atoms with Gasteiger partial charge in [-0.2, -0.15) is 5.10 Å². The van der Waals surface area contributed by atoms with E-state index in [1.807, 2.05) is 42.7 Å². The first-order valence-corrected chi connectivity index (χ1v) is 12.5. The van der Waals surface area contributed by atoms with Gasteiger partial charge in [-0.3, -0.25) is 9.48 Å². The standard InChI is InChI=1S/C27H35N7O/c1-17-13-21-14-28-27(30-25-18(2)31-33(5)19(25)3)29-24(21)16-34(17)26(35)22-11-12-32(4)15-23(22)20-9-7-6-8-10-20/h6-10,14,17,22-23H,11-13,15-16H2,1-5H3,(H,28,29,30)/t17-,22+,23-/m1/s1. The summed E-state index contributed by atoms with van der Waals surface area (Å²) in [4.78, 5) is 27.8. The summed E-state index contributed by atoms with van der Waals surface area (Å²) < 4.78 is 1.85. The lowest BCUT2D eigenvalue weighted by Gasteiger charge is -2.42. The van der Waals surface area contributed by atoms with E-state index < -0.39 is 0 Å². The molecule has 3 atom stereocenters. The lowest BCUT2D eigenvalue weighted by molar-refractivity contribution is -0.141. The molecule has 1 aromatic carbocycles. The van der Waals surface area contributed by atoms with Gasteiger partial charge in [-0.1, -0.05) is 30.3 Å². The smallest absolute Gasteiger partial charge is 0.227 e. The fourth-order valence-corrected chi connectivity index (χ4v) is 5.58. The summed E-state index contributed by atoms with van der Waals surface area (Å²) in [5, 5.41) is 7.82. The summed E-state index contributed by atoms with van der Waals surface area (Å²) in [6.07, 6.45) is 3.56. The number of rotatable bonds is 4. The summed E-state index contributed by atoms with van der Waals surface area (Å²) in [6, 6.07) is 10.6. The van der Waals surface area contributed by atoms with Gasteiger partial charge in [0.15, 0.2) is 0 Å². The number of hydrogen-bond acceptors (Lipinski definition) is 6. The zero-order valence-corrected chi connectivity index (χ0v) is 21.3. The first-order valence-electron chi connectivity index (χ1n) is 12.5. The summed E-state index contributed by atoms with van der Waals surface area (Å²) in [5.74, 6) is 0.983. The molecule has 0 spiro atoms. The molecule has 3 aromatic rings. The lowest BCUT2D eigenvalue weighted by atomic mass is 9.79. The number of carbonyl (C=O) groups is 1. The summed E-state index contributed by atoms with van der Waals surface area (Å²) in [7, 11) is 4.07. The van der Waals surface area contributed by atoms with Crippen LogP contribution in [0.15, 0.2) is 36.5 Å². The number of nitrogens with zero attached hydrogens (tertiary/aromatic N) is 6. The Hall–Kier alpha value is -3.26. The fraction of sp³-hybridized carbons (Fsp3) is 0.481. The van der Waals surface area contributed by atoms with Crippen molar-refractivity contribution >= 4 is 17.5 Å². The molecule has 5 rings (SSSR count). The SMILES string of the molecule is Cc1nn(C)c(C)c1Nc1ncc2c(n1)CN(C(=O)[C@H]1CCN(C)C[C@@H]1c1ccccc1)[C@H](C)C2. The third-order valence-electron chi connectivity index (χ3n) is 7.71. The van der Waals surface area contributed by atoms with Crippen LogP contribution in [0, 0.1) is 19.8 Å². The monoisotopic (exact) mass is 473 g/mol. The third kappa shape index (κ3) is 4.55. The minimum absolute atomic E-state index is 0.0160. The van der Waals surface area contributed by atoms with E-state index in [1.165, 1.54) is 5.56 Å². The molecule has 0 aliphatic carbocycles. The Morgan fingerprint density at radius 2 is 1.91 bits per heavy atom. The second kappa shape index (κ2) is 9.41. The molecule has 184 valence electrons. The Bertz CT molecular complexity index is 1220. The number of amides is 1. The number of aryl methyl sites for hydroxylation is 2. The molecule has 8 heteroatoms. The van der Waals surface area contributed by atoms with Crippen LogP contribution in [0.2, 0.25) is 0 Å². The highest BCUT2D eigenvalue weighted by molar-refractivity contribution is 5.81. The van der Waals surface area contributed by atoms with E-state index in [1.54, 1.807) is 0 Å². The predicted molar refractivity (Wildman–Crippen MR) is 136 cm³/mol. The van der Waals surface area contributed by atoms with E-state index in [9.17, 15) is 4.79 Å². The van der Waals surface area contributed by atoms with Crippen LogP contribution in [0.1, 0.15) is 47.5 Å². The summed E-state index contributed by atoms with van der Waals surface area (Å²) in [6.45, 7) is 8.50. The first-order chi connectivity index (χ1) is 16.8. The van der Waals surface area contributed by atoms with E-state index in [4.69, 9.17) is 4.98 Å². The molecule has 2 aromatic heterocycles. The Balaban J connectivity index is 1.38. The van der Waals surface area contributed by atoms with Crippen LogP contribution in [-0.4, -0.2) is 61.6 Å². The number of likely N-dealkylation sites (tertiary alicyclic amines) is 1. The van der Waals surface area contributed by atoms with Gasteiger partial charge in [0.05, 0.1) is 29.3 Å². The number of carbonyl (C=O) groups excluding carboxylic acids is 1. The van der Waals surface area contributed by atoms with Crippen molar-refractivity contribution in [1.29, 1.82) is 0 Å². The highest BCUT2D eigenvalue weighted by atomic mass is 16.2. The van der Waals surface area contributed by atoms with Crippen molar-refractivity contribution < 1.29 is 4.79 Å². The van der Waals surface area contributed by atoms with Gasteiger partial charge in [0.25, 0.3) is 0 Å². The highest BCUT2D eigenvalue weighted by Crippen LogP contribution is 2.35. The average molecular weight is 474 g/mol. The van der Waals surface area contributed by atoms with E-state index in [-0.39, 0.29) is 23.8 Å². The molecule has 0 saturated carbocycles. The van der Waals surface area contributed by atoms with E-state index in [2.05, 4.69) is 58.5 Å². The van der Waals surface area contributed by atoms with E-state index in [0.717, 1.165) is 54.3 Å². The van der Waals surface area contributed by atoms with Gasteiger partial charge in [0, 0.05) is 37.7 Å². The number of likely N-dealkylation sites (N-methyl/N-ethyl adjacent to an activating group) is 1. The second-order valence-electron chi connectivity index (χ2n) is 10.2. The van der Waals surface area contributed by atoms with Crippen LogP contribution < -0.4 is 5.32 Å². The van der Waals surface area contributed by atoms with Crippen molar-refractivity contribution in [3.8, 4) is 0 Å². The van der Waals surface area contributed by atoms with Crippen molar-refractivity contribution in [2.75, 3.05) is 25.5 Å². The van der Waals surface area contributed by atoms with Crippen molar-refractivity contribution in [2.24, 2.45) is 13.0 Å².